The average molecular weight is 435 g/mol. The van der Waals surface area contributed by atoms with Crippen LogP contribution in [0.15, 0.2) is 47.3 Å². The van der Waals surface area contributed by atoms with E-state index in [2.05, 4.69) is 15.2 Å². The number of H-pyrrole nitrogens is 1. The topological polar surface area (TPSA) is 65.2 Å². The Morgan fingerprint density at radius 2 is 1.83 bits per heavy atom. The Bertz CT molecular complexity index is 1100. The van der Waals surface area contributed by atoms with E-state index in [1.807, 2.05) is 0 Å². The lowest BCUT2D eigenvalue weighted by atomic mass is 9.96. The number of aromatic amines is 1. The molecule has 0 radical (unpaired) electrons. The Balaban J connectivity index is 1.29. The van der Waals surface area contributed by atoms with Gasteiger partial charge in [-0.3, -0.25) is 9.59 Å². The molecule has 0 bridgehead atoms. The quantitative estimate of drug-likeness (QED) is 0.644. The molecule has 1 aliphatic heterocycles. The lowest BCUT2D eigenvalue weighted by molar-refractivity contribution is -0.137. The van der Waals surface area contributed by atoms with Gasteiger partial charge in [-0.1, -0.05) is 11.3 Å². The molecule has 1 aliphatic rings. The molecule has 0 spiro atoms. The third-order valence-corrected chi connectivity index (χ3v) is 6.25. The number of rotatable bonds is 4. The largest absolute Gasteiger partial charge is 0.416 e. The monoisotopic (exact) mass is 435 g/mol. The zero-order valence-corrected chi connectivity index (χ0v) is 16.8. The van der Waals surface area contributed by atoms with Crippen molar-refractivity contribution in [1.29, 1.82) is 0 Å². The number of carbonyl (C=O) groups excluding carboxylic acids is 1. The second-order valence-corrected chi connectivity index (χ2v) is 8.43. The lowest BCUT2D eigenvalue weighted by Crippen LogP contribution is -2.38. The van der Waals surface area contributed by atoms with E-state index in [4.69, 9.17) is 0 Å². The molecule has 158 valence electrons. The number of thiazole rings is 1. The Morgan fingerprint density at radius 1 is 1.13 bits per heavy atom. The predicted molar refractivity (Wildman–Crippen MR) is 111 cm³/mol. The summed E-state index contributed by atoms with van der Waals surface area (Å²) in [6, 6.07) is 10.4. The molecule has 3 aromatic rings. The van der Waals surface area contributed by atoms with Gasteiger partial charge in [0.1, 0.15) is 0 Å². The number of piperidine rings is 1. The van der Waals surface area contributed by atoms with Gasteiger partial charge < -0.3 is 15.2 Å². The number of carbonyl (C=O) groups is 1. The summed E-state index contributed by atoms with van der Waals surface area (Å²) in [5, 5.41) is 2.95. The minimum atomic E-state index is -4.33. The third kappa shape index (κ3) is 4.51. The van der Waals surface area contributed by atoms with Crippen LogP contribution < -0.4 is 15.1 Å². The average Bonchev–Trinajstić information content (AvgIpc) is 3.11. The Hall–Kier alpha value is -2.81. The fourth-order valence-corrected chi connectivity index (χ4v) is 4.46. The summed E-state index contributed by atoms with van der Waals surface area (Å²) in [5.74, 6) is 0.134. The van der Waals surface area contributed by atoms with Crippen LogP contribution in [0.25, 0.3) is 10.2 Å². The first-order valence-electron chi connectivity index (χ1n) is 9.63. The van der Waals surface area contributed by atoms with Crippen molar-refractivity contribution in [1.82, 2.24) is 10.3 Å². The van der Waals surface area contributed by atoms with Gasteiger partial charge in [0.05, 0.1) is 15.8 Å². The van der Waals surface area contributed by atoms with E-state index in [1.54, 1.807) is 18.2 Å². The van der Waals surface area contributed by atoms with E-state index < -0.39 is 11.7 Å². The highest BCUT2D eigenvalue weighted by molar-refractivity contribution is 7.16. The lowest BCUT2D eigenvalue weighted by Gasteiger charge is -2.33. The predicted octanol–water partition coefficient (Wildman–Crippen LogP) is 4.25. The summed E-state index contributed by atoms with van der Waals surface area (Å²) in [6.07, 6.45) is -2.63. The van der Waals surface area contributed by atoms with Crippen molar-refractivity contribution in [2.24, 2.45) is 5.92 Å². The number of fused-ring (bicyclic) bond motifs is 1. The van der Waals surface area contributed by atoms with Crippen LogP contribution in [0.2, 0.25) is 0 Å². The van der Waals surface area contributed by atoms with Gasteiger partial charge in [0.25, 0.3) is 5.91 Å². The van der Waals surface area contributed by atoms with Gasteiger partial charge in [-0.05, 0) is 61.2 Å². The summed E-state index contributed by atoms with van der Waals surface area (Å²) in [4.78, 5) is 28.5. The number of nitrogens with zero attached hydrogens (tertiary/aromatic N) is 1. The third-order valence-electron chi connectivity index (χ3n) is 5.41. The van der Waals surface area contributed by atoms with Crippen molar-refractivity contribution in [2.75, 3.05) is 24.5 Å². The van der Waals surface area contributed by atoms with E-state index in [0.29, 0.717) is 18.0 Å². The molecule has 0 unspecified atom stereocenters. The van der Waals surface area contributed by atoms with Crippen molar-refractivity contribution in [2.45, 2.75) is 19.0 Å². The highest BCUT2D eigenvalue weighted by Gasteiger charge is 2.30. The SMILES string of the molecule is O=C(NCC1CCN(c2ccc(C(F)(F)F)cc2)CC1)c1ccc2[nH]c(=O)sc2c1. The number of benzene rings is 2. The Labute approximate surface area is 174 Å². The number of aromatic nitrogens is 1. The fourth-order valence-electron chi connectivity index (χ4n) is 3.68. The normalized spacial score (nSPS) is 15.5. The number of anilines is 1. The molecular formula is C21H20F3N3O2S. The maximum atomic E-state index is 12.7. The first-order valence-corrected chi connectivity index (χ1v) is 10.4. The molecular weight excluding hydrogens is 415 g/mol. The van der Waals surface area contributed by atoms with E-state index in [-0.39, 0.29) is 10.8 Å². The van der Waals surface area contributed by atoms with Gasteiger partial charge >= 0.3 is 11.0 Å². The first kappa shape index (κ1) is 20.5. The van der Waals surface area contributed by atoms with Gasteiger partial charge in [-0.25, -0.2) is 0 Å². The van der Waals surface area contributed by atoms with Crippen LogP contribution in [0.1, 0.15) is 28.8 Å². The number of hydrogen-bond acceptors (Lipinski definition) is 4. The van der Waals surface area contributed by atoms with Gasteiger partial charge in [-0.2, -0.15) is 13.2 Å². The molecule has 0 aliphatic carbocycles. The smallest absolute Gasteiger partial charge is 0.372 e. The summed E-state index contributed by atoms with van der Waals surface area (Å²) in [5.41, 5.74) is 1.37. The molecule has 0 atom stereocenters. The molecule has 9 heteroatoms. The van der Waals surface area contributed by atoms with Crippen molar-refractivity contribution in [3.63, 3.8) is 0 Å². The standard InChI is InChI=1S/C21H20F3N3O2S/c22-21(23,24)15-2-4-16(5-3-15)27-9-7-13(8-10-27)12-25-19(28)14-1-6-17-18(11-14)30-20(29)26-17/h1-6,11,13H,7-10,12H2,(H,25,28)(H,26,29). The highest BCUT2D eigenvalue weighted by Crippen LogP contribution is 2.31. The van der Waals surface area contributed by atoms with Crippen LogP contribution in [0.5, 0.6) is 0 Å². The van der Waals surface area contributed by atoms with Crippen LogP contribution in [0.3, 0.4) is 0 Å². The molecule has 1 aromatic heterocycles. The maximum absolute atomic E-state index is 12.7. The number of amides is 1. The van der Waals surface area contributed by atoms with Crippen LogP contribution in [0, 0.1) is 5.92 Å². The molecule has 30 heavy (non-hydrogen) atoms. The van der Waals surface area contributed by atoms with Crippen molar-refractivity contribution >= 4 is 33.1 Å². The highest BCUT2D eigenvalue weighted by atomic mass is 32.1. The summed E-state index contributed by atoms with van der Waals surface area (Å²) in [7, 11) is 0. The van der Waals surface area contributed by atoms with Crippen LogP contribution in [-0.2, 0) is 6.18 Å². The van der Waals surface area contributed by atoms with Crippen LogP contribution in [0.4, 0.5) is 18.9 Å². The van der Waals surface area contributed by atoms with E-state index in [1.165, 1.54) is 12.1 Å². The van der Waals surface area contributed by atoms with Crippen LogP contribution in [-0.4, -0.2) is 30.5 Å². The van der Waals surface area contributed by atoms with Crippen molar-refractivity contribution in [3.8, 4) is 0 Å². The molecule has 0 saturated carbocycles. The second kappa shape index (κ2) is 8.14. The minimum Gasteiger partial charge on any atom is -0.372 e. The number of hydrogen-bond donors (Lipinski definition) is 2. The first-order chi connectivity index (χ1) is 14.3. The maximum Gasteiger partial charge on any atom is 0.416 e. The van der Waals surface area contributed by atoms with Gasteiger partial charge in [0.15, 0.2) is 0 Å². The molecule has 4 rings (SSSR count). The van der Waals surface area contributed by atoms with Gasteiger partial charge in [0, 0.05) is 30.9 Å². The van der Waals surface area contributed by atoms with Crippen molar-refractivity contribution < 1.29 is 18.0 Å². The van der Waals surface area contributed by atoms with E-state index >= 15 is 0 Å². The molecule has 2 aromatic carbocycles. The van der Waals surface area contributed by atoms with Gasteiger partial charge in [0.2, 0.25) is 0 Å². The molecule has 1 saturated heterocycles. The molecule has 1 fully saturated rings. The molecule has 2 heterocycles. The molecule has 5 nitrogen and oxygen atoms in total. The zero-order valence-electron chi connectivity index (χ0n) is 16.0. The van der Waals surface area contributed by atoms with Crippen molar-refractivity contribution in [3.05, 3.63) is 63.3 Å². The minimum absolute atomic E-state index is 0.151. The molecule has 2 N–H and O–H groups in total. The number of alkyl halides is 3. The zero-order chi connectivity index (χ0) is 21.3. The van der Waals surface area contributed by atoms with E-state index in [9.17, 15) is 22.8 Å². The fraction of sp³-hybridized carbons (Fsp3) is 0.333. The van der Waals surface area contributed by atoms with Gasteiger partial charge in [-0.15, -0.1) is 0 Å². The summed E-state index contributed by atoms with van der Waals surface area (Å²) >= 11 is 1.07. The Morgan fingerprint density at radius 3 is 2.50 bits per heavy atom. The molecule has 1 amide bonds. The Kier molecular flexibility index (Phi) is 5.55. The van der Waals surface area contributed by atoms with E-state index in [0.717, 1.165) is 65.3 Å². The van der Waals surface area contributed by atoms with Crippen LogP contribution >= 0.6 is 11.3 Å². The number of nitrogens with one attached hydrogen (secondary N) is 2. The number of halogens is 3. The summed E-state index contributed by atoms with van der Waals surface area (Å²) < 4.78 is 38.8. The second-order valence-electron chi connectivity index (χ2n) is 7.41. The summed E-state index contributed by atoms with van der Waals surface area (Å²) in [6.45, 7) is 2.01.